The van der Waals surface area contributed by atoms with Crippen molar-refractivity contribution in [3.05, 3.63) is 18.0 Å². The van der Waals surface area contributed by atoms with E-state index < -0.39 is 5.97 Å². The van der Waals surface area contributed by atoms with Gasteiger partial charge in [0.15, 0.2) is 0 Å². The minimum atomic E-state index is -0.959. The van der Waals surface area contributed by atoms with Crippen molar-refractivity contribution in [1.82, 2.24) is 14.7 Å². The van der Waals surface area contributed by atoms with E-state index in [1.165, 1.54) is 4.90 Å². The van der Waals surface area contributed by atoms with Crippen molar-refractivity contribution in [3.63, 3.8) is 0 Å². The van der Waals surface area contributed by atoms with Crippen LogP contribution in [0.3, 0.4) is 0 Å². The molecule has 6 nitrogen and oxygen atoms in total. The van der Waals surface area contributed by atoms with E-state index in [1.807, 2.05) is 13.1 Å². The molecule has 0 bridgehead atoms. The van der Waals surface area contributed by atoms with Gasteiger partial charge in [0.2, 0.25) is 5.91 Å². The Kier molecular flexibility index (Phi) is 4.19. The number of carboxylic acid groups (broad SMARTS) is 1. The van der Waals surface area contributed by atoms with Crippen molar-refractivity contribution in [3.8, 4) is 0 Å². The molecule has 0 radical (unpaired) electrons. The summed E-state index contributed by atoms with van der Waals surface area (Å²) in [7, 11) is 0. The van der Waals surface area contributed by atoms with E-state index in [0.717, 1.165) is 25.8 Å². The highest BCUT2D eigenvalue weighted by Gasteiger charge is 2.30. The van der Waals surface area contributed by atoms with E-state index in [9.17, 15) is 9.59 Å². The number of carbonyl (C=O) groups is 2. The van der Waals surface area contributed by atoms with E-state index in [4.69, 9.17) is 5.11 Å². The maximum atomic E-state index is 12.2. The van der Waals surface area contributed by atoms with E-state index in [-0.39, 0.29) is 24.9 Å². The summed E-state index contributed by atoms with van der Waals surface area (Å²) in [5.41, 5.74) is 0.696. The topological polar surface area (TPSA) is 75.4 Å². The molecule has 1 aromatic rings. The van der Waals surface area contributed by atoms with Gasteiger partial charge >= 0.3 is 5.97 Å². The van der Waals surface area contributed by atoms with Crippen molar-refractivity contribution in [1.29, 1.82) is 0 Å². The van der Waals surface area contributed by atoms with Crippen LogP contribution in [0.4, 0.5) is 0 Å². The van der Waals surface area contributed by atoms with Crippen LogP contribution in [0.2, 0.25) is 0 Å². The molecule has 6 heteroatoms. The molecule has 1 N–H and O–H groups in total. The molecule has 0 aliphatic heterocycles. The molecule has 1 heterocycles. The lowest BCUT2D eigenvalue weighted by atomic mass is 9.91. The maximum Gasteiger partial charge on any atom is 0.323 e. The lowest BCUT2D eigenvalue weighted by Gasteiger charge is -2.36. The Morgan fingerprint density at radius 3 is 2.74 bits per heavy atom. The number of aromatic nitrogens is 2. The van der Waals surface area contributed by atoms with Crippen LogP contribution in [-0.2, 0) is 22.6 Å². The van der Waals surface area contributed by atoms with Gasteiger partial charge in [-0.15, -0.1) is 0 Å². The van der Waals surface area contributed by atoms with Gasteiger partial charge in [-0.1, -0.05) is 0 Å². The summed E-state index contributed by atoms with van der Waals surface area (Å²) in [6.07, 6.45) is 4.88. The van der Waals surface area contributed by atoms with Crippen LogP contribution < -0.4 is 0 Å². The number of aliphatic carboxylic acids is 1. The number of nitrogens with zero attached hydrogens (tertiary/aromatic N) is 3. The number of amides is 1. The van der Waals surface area contributed by atoms with Gasteiger partial charge in [-0.2, -0.15) is 5.10 Å². The van der Waals surface area contributed by atoms with E-state index >= 15 is 0 Å². The molecular weight excluding hydrogens is 246 g/mol. The van der Waals surface area contributed by atoms with Crippen LogP contribution in [0, 0.1) is 0 Å². The smallest absolute Gasteiger partial charge is 0.323 e. The summed E-state index contributed by atoms with van der Waals surface area (Å²) >= 11 is 0. The minimum Gasteiger partial charge on any atom is -0.480 e. The molecule has 1 amide bonds. The maximum absolute atomic E-state index is 12.2. The fraction of sp³-hybridized carbons (Fsp3) is 0.615. The first-order valence-corrected chi connectivity index (χ1v) is 6.63. The Hall–Kier alpha value is -1.85. The highest BCUT2D eigenvalue weighted by atomic mass is 16.4. The Morgan fingerprint density at radius 1 is 1.53 bits per heavy atom. The van der Waals surface area contributed by atoms with E-state index in [0.29, 0.717) is 5.69 Å². The molecule has 1 aliphatic rings. The quantitative estimate of drug-likeness (QED) is 0.829. The van der Waals surface area contributed by atoms with Crippen molar-refractivity contribution < 1.29 is 14.7 Å². The molecule has 104 valence electrons. The Balaban J connectivity index is 1.99. The third-order valence-electron chi connectivity index (χ3n) is 3.49. The monoisotopic (exact) mass is 265 g/mol. The number of rotatable bonds is 6. The summed E-state index contributed by atoms with van der Waals surface area (Å²) in [6.45, 7) is 2.53. The fourth-order valence-electron chi connectivity index (χ4n) is 2.20. The van der Waals surface area contributed by atoms with Gasteiger partial charge in [0.25, 0.3) is 0 Å². The number of hydrogen-bond donors (Lipinski definition) is 1. The molecule has 0 unspecified atom stereocenters. The molecule has 1 saturated carbocycles. The van der Waals surface area contributed by atoms with Gasteiger partial charge in [-0.05, 0) is 32.3 Å². The predicted octanol–water partition coefficient (Wildman–Crippen LogP) is 0.911. The molecule has 0 spiro atoms. The summed E-state index contributed by atoms with van der Waals surface area (Å²) in [5.74, 6) is -1.10. The zero-order chi connectivity index (χ0) is 13.8. The summed E-state index contributed by atoms with van der Waals surface area (Å²) in [5, 5.41) is 13.2. The molecule has 1 aromatic heterocycles. The van der Waals surface area contributed by atoms with Crippen LogP contribution >= 0.6 is 0 Å². The highest BCUT2D eigenvalue weighted by molar-refractivity contribution is 5.83. The van der Waals surface area contributed by atoms with Crippen molar-refractivity contribution >= 4 is 11.9 Å². The first-order valence-electron chi connectivity index (χ1n) is 6.63. The van der Waals surface area contributed by atoms with Gasteiger partial charge in [0, 0.05) is 18.8 Å². The summed E-state index contributed by atoms with van der Waals surface area (Å²) < 4.78 is 1.76. The van der Waals surface area contributed by atoms with Gasteiger partial charge < -0.3 is 10.0 Å². The zero-order valence-electron chi connectivity index (χ0n) is 11.1. The van der Waals surface area contributed by atoms with Crippen LogP contribution in [-0.4, -0.2) is 44.3 Å². The summed E-state index contributed by atoms with van der Waals surface area (Å²) in [4.78, 5) is 24.5. The molecule has 0 atom stereocenters. The standard InChI is InChI=1S/C13H19N3O3/c1-2-15-7-6-10(14-15)8-12(17)16(9-13(18)19)11-4-3-5-11/h6-7,11H,2-5,8-9H2,1H3,(H,18,19). The van der Waals surface area contributed by atoms with Gasteiger partial charge in [-0.3, -0.25) is 14.3 Å². The second kappa shape index (κ2) is 5.86. The molecule has 0 saturated heterocycles. The lowest BCUT2D eigenvalue weighted by Crippen LogP contribution is -2.47. The third kappa shape index (κ3) is 3.33. The minimum absolute atomic E-state index is 0.0943. The third-order valence-corrected chi connectivity index (χ3v) is 3.49. The molecule has 1 fully saturated rings. The highest BCUT2D eigenvalue weighted by Crippen LogP contribution is 2.25. The lowest BCUT2D eigenvalue weighted by molar-refractivity contribution is -0.147. The van der Waals surface area contributed by atoms with E-state index in [1.54, 1.807) is 10.7 Å². The molecular formula is C13H19N3O3. The molecule has 1 aliphatic carbocycles. The van der Waals surface area contributed by atoms with Crippen LogP contribution in [0.25, 0.3) is 0 Å². The SMILES string of the molecule is CCn1ccc(CC(=O)N(CC(=O)O)C2CCC2)n1. The van der Waals surface area contributed by atoms with Crippen LogP contribution in [0.5, 0.6) is 0 Å². The number of carbonyl (C=O) groups excluding carboxylic acids is 1. The predicted molar refractivity (Wildman–Crippen MR) is 68.6 cm³/mol. The number of hydrogen-bond acceptors (Lipinski definition) is 3. The number of aryl methyl sites for hydroxylation is 1. The zero-order valence-corrected chi connectivity index (χ0v) is 11.1. The van der Waals surface area contributed by atoms with Crippen molar-refractivity contribution in [2.45, 2.75) is 45.2 Å². The molecule has 2 rings (SSSR count). The Morgan fingerprint density at radius 2 is 2.26 bits per heavy atom. The molecule has 19 heavy (non-hydrogen) atoms. The normalized spacial score (nSPS) is 15.0. The van der Waals surface area contributed by atoms with Gasteiger partial charge in [0.1, 0.15) is 6.54 Å². The average molecular weight is 265 g/mol. The van der Waals surface area contributed by atoms with Crippen molar-refractivity contribution in [2.75, 3.05) is 6.54 Å². The van der Waals surface area contributed by atoms with Crippen molar-refractivity contribution in [2.24, 2.45) is 0 Å². The second-order valence-electron chi connectivity index (χ2n) is 4.84. The Labute approximate surface area is 112 Å². The summed E-state index contributed by atoms with van der Waals surface area (Å²) in [6, 6.07) is 1.90. The number of carboxylic acids is 1. The average Bonchev–Trinajstić information content (AvgIpc) is 2.73. The fourth-order valence-corrected chi connectivity index (χ4v) is 2.20. The molecule has 0 aromatic carbocycles. The van der Waals surface area contributed by atoms with Crippen LogP contribution in [0.1, 0.15) is 31.9 Å². The first kappa shape index (κ1) is 13.6. The van der Waals surface area contributed by atoms with Gasteiger partial charge in [0.05, 0.1) is 12.1 Å². The Bertz CT molecular complexity index is 465. The van der Waals surface area contributed by atoms with Crippen LogP contribution in [0.15, 0.2) is 12.3 Å². The van der Waals surface area contributed by atoms with E-state index in [2.05, 4.69) is 5.10 Å². The largest absolute Gasteiger partial charge is 0.480 e. The first-order chi connectivity index (χ1) is 9.10. The van der Waals surface area contributed by atoms with Gasteiger partial charge in [-0.25, -0.2) is 0 Å². The second-order valence-corrected chi connectivity index (χ2v) is 4.84.